The van der Waals surface area contributed by atoms with Crippen molar-refractivity contribution >= 4 is 21.6 Å². The van der Waals surface area contributed by atoms with Crippen LogP contribution < -0.4 is 10.1 Å². The number of benzene rings is 2. The molecule has 0 saturated carbocycles. The second-order valence-electron chi connectivity index (χ2n) is 6.52. The molecule has 0 radical (unpaired) electrons. The standard InChI is InChI=1S/C20H21N3O4S/c1-27-17-8-10-18(11-9-17)28(25,26)23-12-4-6-16(14-23)20(24)22-19-7-3-2-5-15(19)13-21/h2-3,5,7-11,16H,4,6,12,14H2,1H3,(H,22,24). The molecule has 146 valence electrons. The lowest BCUT2D eigenvalue weighted by molar-refractivity contribution is -0.120. The summed E-state index contributed by atoms with van der Waals surface area (Å²) in [5.74, 6) is -0.183. The Morgan fingerprint density at radius 2 is 1.93 bits per heavy atom. The predicted molar refractivity (Wildman–Crippen MR) is 104 cm³/mol. The van der Waals surface area contributed by atoms with Crippen LogP contribution in [0.25, 0.3) is 0 Å². The molecule has 7 nitrogen and oxygen atoms in total. The van der Waals surface area contributed by atoms with Gasteiger partial charge in [-0.3, -0.25) is 4.79 Å². The Labute approximate surface area is 164 Å². The maximum atomic E-state index is 12.9. The van der Waals surface area contributed by atoms with Gasteiger partial charge < -0.3 is 10.1 Å². The summed E-state index contributed by atoms with van der Waals surface area (Å²) >= 11 is 0. The molecule has 0 bridgehead atoms. The van der Waals surface area contributed by atoms with E-state index in [1.165, 1.54) is 23.5 Å². The number of anilines is 1. The number of sulfonamides is 1. The molecule has 1 heterocycles. The summed E-state index contributed by atoms with van der Waals surface area (Å²) in [4.78, 5) is 12.8. The summed E-state index contributed by atoms with van der Waals surface area (Å²) in [5.41, 5.74) is 0.805. The lowest BCUT2D eigenvalue weighted by Crippen LogP contribution is -2.43. The SMILES string of the molecule is COc1ccc(S(=O)(=O)N2CCCC(C(=O)Nc3ccccc3C#N)C2)cc1. The highest BCUT2D eigenvalue weighted by Crippen LogP contribution is 2.26. The quantitative estimate of drug-likeness (QED) is 0.833. The molecule has 1 aliphatic heterocycles. The van der Waals surface area contributed by atoms with Crippen LogP contribution in [0.4, 0.5) is 5.69 Å². The molecule has 8 heteroatoms. The largest absolute Gasteiger partial charge is 0.497 e. The molecule has 1 fully saturated rings. The first-order valence-electron chi connectivity index (χ1n) is 8.90. The number of piperidine rings is 1. The van der Waals surface area contributed by atoms with Crippen molar-refractivity contribution < 1.29 is 17.9 Å². The maximum Gasteiger partial charge on any atom is 0.243 e. The van der Waals surface area contributed by atoms with Crippen LogP contribution in [0.3, 0.4) is 0 Å². The van der Waals surface area contributed by atoms with Gasteiger partial charge in [-0.1, -0.05) is 12.1 Å². The van der Waals surface area contributed by atoms with Gasteiger partial charge in [-0.25, -0.2) is 8.42 Å². The van der Waals surface area contributed by atoms with Crippen molar-refractivity contribution in [2.45, 2.75) is 17.7 Å². The average Bonchev–Trinajstić information content (AvgIpc) is 2.74. The van der Waals surface area contributed by atoms with E-state index in [-0.39, 0.29) is 17.3 Å². The molecule has 3 rings (SSSR count). The minimum atomic E-state index is -3.69. The van der Waals surface area contributed by atoms with E-state index in [4.69, 9.17) is 10.00 Å². The van der Waals surface area contributed by atoms with E-state index in [9.17, 15) is 13.2 Å². The number of carbonyl (C=O) groups is 1. The molecule has 0 spiro atoms. The fourth-order valence-corrected chi connectivity index (χ4v) is 4.72. The van der Waals surface area contributed by atoms with Crippen molar-refractivity contribution in [3.05, 3.63) is 54.1 Å². The Morgan fingerprint density at radius 1 is 1.21 bits per heavy atom. The highest BCUT2D eigenvalue weighted by molar-refractivity contribution is 7.89. The summed E-state index contributed by atoms with van der Waals surface area (Å²) in [5, 5.41) is 11.9. The first-order chi connectivity index (χ1) is 13.5. The molecule has 0 aliphatic carbocycles. The number of methoxy groups -OCH3 is 1. The van der Waals surface area contributed by atoms with Crippen LogP contribution in [-0.2, 0) is 14.8 Å². The number of carbonyl (C=O) groups excluding carboxylic acids is 1. The van der Waals surface area contributed by atoms with Crippen molar-refractivity contribution in [1.29, 1.82) is 5.26 Å². The average molecular weight is 399 g/mol. The Hall–Kier alpha value is -2.89. The van der Waals surface area contributed by atoms with Gasteiger partial charge in [0.05, 0.1) is 29.2 Å². The Bertz CT molecular complexity index is 997. The summed E-state index contributed by atoms with van der Waals surface area (Å²) in [7, 11) is -2.18. The van der Waals surface area contributed by atoms with Crippen molar-refractivity contribution in [2.24, 2.45) is 5.92 Å². The van der Waals surface area contributed by atoms with Crippen LogP contribution in [-0.4, -0.2) is 38.8 Å². The van der Waals surface area contributed by atoms with Gasteiger partial charge in [-0.05, 0) is 49.2 Å². The van der Waals surface area contributed by atoms with E-state index in [1.54, 1.807) is 36.4 Å². The number of nitrogens with one attached hydrogen (secondary N) is 1. The van der Waals surface area contributed by atoms with Gasteiger partial charge in [0.1, 0.15) is 11.8 Å². The molecular formula is C20H21N3O4S. The van der Waals surface area contributed by atoms with E-state index in [0.717, 1.165) is 0 Å². The summed E-state index contributed by atoms with van der Waals surface area (Å²) < 4.78 is 32.3. The predicted octanol–water partition coefficient (Wildman–Crippen LogP) is 2.61. The van der Waals surface area contributed by atoms with Crippen molar-refractivity contribution in [1.82, 2.24) is 4.31 Å². The summed E-state index contributed by atoms with van der Waals surface area (Å²) in [6.07, 6.45) is 1.18. The molecule has 2 aromatic rings. The number of para-hydroxylation sites is 1. The van der Waals surface area contributed by atoms with Crippen molar-refractivity contribution in [3.8, 4) is 11.8 Å². The molecule has 1 atom stereocenters. The molecule has 1 amide bonds. The fraction of sp³-hybridized carbons (Fsp3) is 0.300. The lowest BCUT2D eigenvalue weighted by atomic mass is 9.98. The van der Waals surface area contributed by atoms with Crippen LogP contribution in [0.2, 0.25) is 0 Å². The number of hydrogen-bond donors (Lipinski definition) is 1. The van der Waals surface area contributed by atoms with Gasteiger partial charge >= 0.3 is 0 Å². The number of nitrogens with zero attached hydrogens (tertiary/aromatic N) is 2. The molecule has 1 saturated heterocycles. The number of nitriles is 1. The Morgan fingerprint density at radius 3 is 2.61 bits per heavy atom. The second kappa shape index (κ2) is 8.42. The molecule has 1 aliphatic rings. The number of rotatable bonds is 5. The highest BCUT2D eigenvalue weighted by atomic mass is 32.2. The normalized spacial score (nSPS) is 17.5. The first-order valence-corrected chi connectivity index (χ1v) is 10.3. The zero-order valence-electron chi connectivity index (χ0n) is 15.5. The third-order valence-electron chi connectivity index (χ3n) is 4.76. The van der Waals surface area contributed by atoms with E-state index in [0.29, 0.717) is 36.4 Å². The monoisotopic (exact) mass is 399 g/mol. The van der Waals surface area contributed by atoms with Gasteiger partial charge in [0.2, 0.25) is 15.9 Å². The van der Waals surface area contributed by atoms with E-state index >= 15 is 0 Å². The van der Waals surface area contributed by atoms with Crippen LogP contribution in [0.5, 0.6) is 5.75 Å². The Kier molecular flexibility index (Phi) is 5.97. The number of amides is 1. The van der Waals surface area contributed by atoms with Crippen molar-refractivity contribution in [3.63, 3.8) is 0 Å². The summed E-state index contributed by atoms with van der Waals surface area (Å²) in [6.45, 7) is 0.474. The van der Waals surface area contributed by atoms with Crippen LogP contribution in [0.1, 0.15) is 18.4 Å². The van der Waals surface area contributed by atoms with Crippen LogP contribution in [0, 0.1) is 17.2 Å². The molecule has 0 aromatic heterocycles. The molecule has 2 aromatic carbocycles. The molecule has 28 heavy (non-hydrogen) atoms. The topological polar surface area (TPSA) is 99.5 Å². The zero-order chi connectivity index (χ0) is 20.1. The van der Waals surface area contributed by atoms with Gasteiger partial charge in [-0.15, -0.1) is 0 Å². The molecule has 1 N–H and O–H groups in total. The van der Waals surface area contributed by atoms with Crippen LogP contribution in [0.15, 0.2) is 53.4 Å². The smallest absolute Gasteiger partial charge is 0.243 e. The Balaban J connectivity index is 1.74. The number of ether oxygens (including phenoxy) is 1. The zero-order valence-corrected chi connectivity index (χ0v) is 16.3. The fourth-order valence-electron chi connectivity index (χ4n) is 3.20. The third-order valence-corrected chi connectivity index (χ3v) is 6.64. The van der Waals surface area contributed by atoms with Gasteiger partial charge in [0.25, 0.3) is 0 Å². The van der Waals surface area contributed by atoms with Gasteiger partial charge in [-0.2, -0.15) is 9.57 Å². The minimum Gasteiger partial charge on any atom is -0.497 e. The van der Waals surface area contributed by atoms with E-state index in [2.05, 4.69) is 5.32 Å². The second-order valence-corrected chi connectivity index (χ2v) is 8.46. The summed E-state index contributed by atoms with van der Waals surface area (Å²) in [6, 6.07) is 15.0. The molecular weight excluding hydrogens is 378 g/mol. The van der Waals surface area contributed by atoms with E-state index < -0.39 is 15.9 Å². The third kappa shape index (κ3) is 4.16. The minimum absolute atomic E-state index is 0.106. The van der Waals surface area contributed by atoms with E-state index in [1.807, 2.05) is 6.07 Å². The number of hydrogen-bond acceptors (Lipinski definition) is 5. The first kappa shape index (κ1) is 19.9. The highest BCUT2D eigenvalue weighted by Gasteiger charge is 2.33. The van der Waals surface area contributed by atoms with Crippen LogP contribution >= 0.6 is 0 Å². The molecule has 1 unspecified atom stereocenters. The maximum absolute atomic E-state index is 12.9. The van der Waals surface area contributed by atoms with Crippen molar-refractivity contribution in [2.75, 3.05) is 25.5 Å². The van der Waals surface area contributed by atoms with Gasteiger partial charge in [0.15, 0.2) is 0 Å². The van der Waals surface area contributed by atoms with Gasteiger partial charge in [0, 0.05) is 13.1 Å². The lowest BCUT2D eigenvalue weighted by Gasteiger charge is -2.31.